The van der Waals surface area contributed by atoms with Gasteiger partial charge in [-0.1, -0.05) is 22.0 Å². The van der Waals surface area contributed by atoms with Crippen molar-refractivity contribution in [2.24, 2.45) is 0 Å². The van der Waals surface area contributed by atoms with E-state index < -0.39 is 0 Å². The van der Waals surface area contributed by atoms with Gasteiger partial charge in [0.2, 0.25) is 0 Å². The zero-order chi connectivity index (χ0) is 13.4. The molecule has 2 nitrogen and oxygen atoms in total. The molecule has 0 aromatic heterocycles. The molecule has 1 aliphatic heterocycles. The van der Waals surface area contributed by atoms with E-state index in [1.807, 2.05) is 43.3 Å². The van der Waals surface area contributed by atoms with Crippen LogP contribution in [0.15, 0.2) is 40.9 Å². The second-order valence-electron chi connectivity index (χ2n) is 4.73. The standard InChI is InChI=1S/C16H13BrO2/c1-10-2-4-13(14(17)8-10)16(18)12-3-5-15-11(9-12)6-7-19-15/h2-5,8-9H,6-7H2,1H3. The van der Waals surface area contributed by atoms with E-state index in [0.717, 1.165) is 27.8 Å². The maximum absolute atomic E-state index is 12.5. The highest BCUT2D eigenvalue weighted by Crippen LogP contribution is 2.28. The Morgan fingerprint density at radius 1 is 1.21 bits per heavy atom. The minimum Gasteiger partial charge on any atom is -0.493 e. The lowest BCUT2D eigenvalue weighted by atomic mass is 10.00. The third-order valence-electron chi connectivity index (χ3n) is 3.32. The van der Waals surface area contributed by atoms with E-state index in [0.29, 0.717) is 17.7 Å². The number of carbonyl (C=O) groups excluding carboxylic acids is 1. The molecule has 1 heterocycles. The minimum absolute atomic E-state index is 0.0431. The number of aryl methyl sites for hydroxylation is 1. The smallest absolute Gasteiger partial charge is 0.194 e. The molecule has 3 rings (SSSR count). The molecule has 2 aromatic carbocycles. The molecule has 0 atom stereocenters. The zero-order valence-electron chi connectivity index (χ0n) is 10.6. The first kappa shape index (κ1) is 12.4. The van der Waals surface area contributed by atoms with Gasteiger partial charge in [0.05, 0.1) is 6.61 Å². The molecule has 0 saturated heterocycles. The highest BCUT2D eigenvalue weighted by Gasteiger charge is 2.17. The summed E-state index contributed by atoms with van der Waals surface area (Å²) in [6.07, 6.45) is 0.880. The first-order valence-electron chi connectivity index (χ1n) is 6.22. The number of hydrogen-bond acceptors (Lipinski definition) is 2. The lowest BCUT2D eigenvalue weighted by Crippen LogP contribution is -2.03. The highest BCUT2D eigenvalue weighted by molar-refractivity contribution is 9.10. The van der Waals surface area contributed by atoms with E-state index in [1.54, 1.807) is 0 Å². The molecular formula is C16H13BrO2. The minimum atomic E-state index is 0.0431. The summed E-state index contributed by atoms with van der Waals surface area (Å²) in [4.78, 5) is 12.5. The molecule has 0 aliphatic carbocycles. The molecule has 0 bridgehead atoms. The number of ether oxygens (including phenoxy) is 1. The molecule has 0 N–H and O–H groups in total. The van der Waals surface area contributed by atoms with Crippen molar-refractivity contribution in [2.45, 2.75) is 13.3 Å². The van der Waals surface area contributed by atoms with Crippen molar-refractivity contribution in [1.29, 1.82) is 0 Å². The normalized spacial score (nSPS) is 12.9. The summed E-state index contributed by atoms with van der Waals surface area (Å²) in [5.41, 5.74) is 3.66. The van der Waals surface area contributed by atoms with Gasteiger partial charge < -0.3 is 4.74 Å². The number of benzene rings is 2. The van der Waals surface area contributed by atoms with Crippen LogP contribution in [0, 0.1) is 6.92 Å². The van der Waals surface area contributed by atoms with Crippen LogP contribution < -0.4 is 4.74 Å². The van der Waals surface area contributed by atoms with Crippen molar-refractivity contribution in [2.75, 3.05) is 6.61 Å². The summed E-state index contributed by atoms with van der Waals surface area (Å²) in [6, 6.07) is 11.4. The Morgan fingerprint density at radius 3 is 2.84 bits per heavy atom. The number of rotatable bonds is 2. The van der Waals surface area contributed by atoms with Gasteiger partial charge in [0.15, 0.2) is 5.78 Å². The van der Waals surface area contributed by atoms with Crippen molar-refractivity contribution in [1.82, 2.24) is 0 Å². The largest absolute Gasteiger partial charge is 0.493 e. The van der Waals surface area contributed by atoms with Gasteiger partial charge in [-0.25, -0.2) is 0 Å². The van der Waals surface area contributed by atoms with E-state index in [2.05, 4.69) is 15.9 Å². The monoisotopic (exact) mass is 316 g/mol. The fraction of sp³-hybridized carbons (Fsp3) is 0.188. The van der Waals surface area contributed by atoms with Crippen molar-refractivity contribution in [3.05, 3.63) is 63.1 Å². The molecular weight excluding hydrogens is 304 g/mol. The maximum Gasteiger partial charge on any atom is 0.194 e. The van der Waals surface area contributed by atoms with Crippen LogP contribution in [0.4, 0.5) is 0 Å². The van der Waals surface area contributed by atoms with E-state index >= 15 is 0 Å². The molecule has 96 valence electrons. The Morgan fingerprint density at radius 2 is 2.05 bits per heavy atom. The number of hydrogen-bond donors (Lipinski definition) is 0. The predicted molar refractivity (Wildman–Crippen MR) is 78.0 cm³/mol. The van der Waals surface area contributed by atoms with Gasteiger partial charge in [-0.3, -0.25) is 4.79 Å². The molecule has 2 aromatic rings. The topological polar surface area (TPSA) is 26.3 Å². The molecule has 0 fully saturated rings. The summed E-state index contributed by atoms with van der Waals surface area (Å²) in [5, 5.41) is 0. The first-order chi connectivity index (χ1) is 9.15. The van der Waals surface area contributed by atoms with E-state index in [1.165, 1.54) is 0 Å². The van der Waals surface area contributed by atoms with E-state index in [-0.39, 0.29) is 5.78 Å². The Kier molecular flexibility index (Phi) is 3.15. The van der Waals surface area contributed by atoms with Crippen LogP contribution in [-0.2, 0) is 6.42 Å². The Balaban J connectivity index is 2.00. The highest BCUT2D eigenvalue weighted by atomic mass is 79.9. The lowest BCUT2D eigenvalue weighted by Gasteiger charge is -2.06. The molecule has 0 radical (unpaired) electrons. The van der Waals surface area contributed by atoms with Crippen molar-refractivity contribution < 1.29 is 9.53 Å². The molecule has 3 heteroatoms. The van der Waals surface area contributed by atoms with Crippen LogP contribution in [0.5, 0.6) is 5.75 Å². The summed E-state index contributed by atoms with van der Waals surface area (Å²) >= 11 is 3.46. The summed E-state index contributed by atoms with van der Waals surface area (Å²) < 4.78 is 6.30. The van der Waals surface area contributed by atoms with Crippen LogP contribution in [0.1, 0.15) is 27.0 Å². The van der Waals surface area contributed by atoms with Crippen LogP contribution in [0.2, 0.25) is 0 Å². The van der Waals surface area contributed by atoms with Crippen molar-refractivity contribution >= 4 is 21.7 Å². The summed E-state index contributed by atoms with van der Waals surface area (Å²) in [6.45, 7) is 2.72. The van der Waals surface area contributed by atoms with Crippen molar-refractivity contribution in [3.8, 4) is 5.75 Å². The Labute approximate surface area is 120 Å². The van der Waals surface area contributed by atoms with Crippen LogP contribution in [0.3, 0.4) is 0 Å². The average Bonchev–Trinajstić information content (AvgIpc) is 2.85. The van der Waals surface area contributed by atoms with E-state index in [9.17, 15) is 4.79 Å². The van der Waals surface area contributed by atoms with Crippen molar-refractivity contribution in [3.63, 3.8) is 0 Å². The zero-order valence-corrected chi connectivity index (χ0v) is 12.2. The van der Waals surface area contributed by atoms with Crippen LogP contribution in [0.25, 0.3) is 0 Å². The Hall–Kier alpha value is -1.61. The van der Waals surface area contributed by atoms with Gasteiger partial charge in [0.25, 0.3) is 0 Å². The second-order valence-corrected chi connectivity index (χ2v) is 5.59. The SMILES string of the molecule is Cc1ccc(C(=O)c2ccc3c(c2)CCO3)c(Br)c1. The number of halogens is 1. The number of fused-ring (bicyclic) bond motifs is 1. The van der Waals surface area contributed by atoms with Gasteiger partial charge in [-0.05, 0) is 48.4 Å². The lowest BCUT2D eigenvalue weighted by molar-refractivity contribution is 0.103. The predicted octanol–water partition coefficient (Wildman–Crippen LogP) is 3.92. The quantitative estimate of drug-likeness (QED) is 0.785. The third kappa shape index (κ3) is 2.30. The molecule has 0 spiro atoms. The summed E-state index contributed by atoms with van der Waals surface area (Å²) in [5.74, 6) is 0.945. The Bertz CT molecular complexity index is 662. The number of carbonyl (C=O) groups is 1. The molecule has 19 heavy (non-hydrogen) atoms. The van der Waals surface area contributed by atoms with Crippen LogP contribution >= 0.6 is 15.9 Å². The fourth-order valence-electron chi connectivity index (χ4n) is 2.29. The van der Waals surface area contributed by atoms with E-state index in [4.69, 9.17) is 4.74 Å². The molecule has 0 unspecified atom stereocenters. The molecule has 1 aliphatic rings. The van der Waals surface area contributed by atoms with Gasteiger partial charge in [-0.15, -0.1) is 0 Å². The fourth-order valence-corrected chi connectivity index (χ4v) is 2.96. The maximum atomic E-state index is 12.5. The second kappa shape index (κ2) is 4.82. The molecule has 0 amide bonds. The number of ketones is 1. The van der Waals surface area contributed by atoms with Gasteiger partial charge >= 0.3 is 0 Å². The molecule has 0 saturated carbocycles. The third-order valence-corrected chi connectivity index (χ3v) is 3.98. The summed E-state index contributed by atoms with van der Waals surface area (Å²) in [7, 11) is 0. The van der Waals surface area contributed by atoms with Gasteiger partial charge in [-0.2, -0.15) is 0 Å². The average molecular weight is 317 g/mol. The van der Waals surface area contributed by atoms with Gasteiger partial charge in [0, 0.05) is 22.0 Å². The van der Waals surface area contributed by atoms with Gasteiger partial charge in [0.1, 0.15) is 5.75 Å². The first-order valence-corrected chi connectivity index (χ1v) is 7.01. The van der Waals surface area contributed by atoms with Crippen LogP contribution in [-0.4, -0.2) is 12.4 Å².